The summed E-state index contributed by atoms with van der Waals surface area (Å²) in [6.07, 6.45) is -4.53. The SMILES string of the molecule is CC(C)[C@@H]1C[C@H](C(F)(F)F)n2nc(C(=O)NC[C@H](C)N3CCOCC3)cc2N1. The van der Waals surface area contributed by atoms with Gasteiger partial charge in [0, 0.05) is 37.8 Å². The van der Waals surface area contributed by atoms with E-state index in [1.54, 1.807) is 0 Å². The summed E-state index contributed by atoms with van der Waals surface area (Å²) in [7, 11) is 0. The second kappa shape index (κ2) is 8.28. The fraction of sp³-hybridized carbons (Fsp3) is 0.778. The Morgan fingerprint density at radius 3 is 2.64 bits per heavy atom. The van der Waals surface area contributed by atoms with E-state index in [2.05, 4.69) is 20.6 Å². The zero-order valence-electron chi connectivity index (χ0n) is 16.4. The number of amides is 1. The first kappa shape index (κ1) is 20.9. The van der Waals surface area contributed by atoms with Crippen LogP contribution in [-0.2, 0) is 4.74 Å². The minimum atomic E-state index is -4.42. The van der Waals surface area contributed by atoms with Gasteiger partial charge in [0.15, 0.2) is 11.7 Å². The van der Waals surface area contributed by atoms with E-state index in [1.165, 1.54) is 6.07 Å². The van der Waals surface area contributed by atoms with Gasteiger partial charge in [-0.2, -0.15) is 18.3 Å². The lowest BCUT2D eigenvalue weighted by atomic mass is 9.94. The normalized spacial score (nSPS) is 24.5. The lowest BCUT2D eigenvalue weighted by Crippen LogP contribution is -2.47. The average molecular weight is 403 g/mol. The van der Waals surface area contributed by atoms with Gasteiger partial charge in [-0.3, -0.25) is 9.69 Å². The van der Waals surface area contributed by atoms with Crippen LogP contribution in [0.3, 0.4) is 0 Å². The molecule has 10 heteroatoms. The number of nitrogens with zero attached hydrogens (tertiary/aromatic N) is 3. The first-order valence-electron chi connectivity index (χ1n) is 9.69. The monoisotopic (exact) mass is 403 g/mol. The van der Waals surface area contributed by atoms with Crippen molar-refractivity contribution >= 4 is 11.7 Å². The number of morpholine rings is 1. The molecule has 0 radical (unpaired) electrons. The molecule has 1 fully saturated rings. The molecule has 1 aromatic rings. The molecule has 3 heterocycles. The molecule has 28 heavy (non-hydrogen) atoms. The lowest BCUT2D eigenvalue weighted by molar-refractivity contribution is -0.174. The Morgan fingerprint density at radius 1 is 1.36 bits per heavy atom. The topological polar surface area (TPSA) is 71.4 Å². The maximum absolute atomic E-state index is 13.5. The van der Waals surface area contributed by atoms with Crippen LogP contribution in [0.15, 0.2) is 6.07 Å². The zero-order valence-corrected chi connectivity index (χ0v) is 16.4. The number of hydrogen-bond acceptors (Lipinski definition) is 5. The standard InChI is InChI=1S/C18H28F3N5O2/c1-11(2)13-8-15(18(19,20)21)26-16(23-13)9-14(24-26)17(27)22-10-12(3)25-4-6-28-7-5-25/h9,11-13,15,23H,4-8,10H2,1-3H3,(H,22,27)/t12-,13-,15+/m0/s1. The summed E-state index contributed by atoms with van der Waals surface area (Å²) < 4.78 is 46.8. The highest BCUT2D eigenvalue weighted by atomic mass is 19.4. The molecular formula is C18H28F3N5O2. The van der Waals surface area contributed by atoms with E-state index < -0.39 is 18.1 Å². The molecule has 1 saturated heterocycles. The minimum absolute atomic E-state index is 0.00432. The average Bonchev–Trinajstić information content (AvgIpc) is 3.09. The predicted molar refractivity (Wildman–Crippen MR) is 98.4 cm³/mol. The molecule has 0 bridgehead atoms. The molecule has 3 atom stereocenters. The van der Waals surface area contributed by atoms with E-state index in [0.717, 1.165) is 17.8 Å². The summed E-state index contributed by atoms with van der Waals surface area (Å²) in [5, 5.41) is 9.85. The van der Waals surface area contributed by atoms with Crippen LogP contribution in [0.4, 0.5) is 19.0 Å². The quantitative estimate of drug-likeness (QED) is 0.789. The van der Waals surface area contributed by atoms with Crippen LogP contribution < -0.4 is 10.6 Å². The summed E-state index contributed by atoms with van der Waals surface area (Å²) in [5.41, 5.74) is -0.00432. The highest BCUT2D eigenvalue weighted by molar-refractivity contribution is 5.93. The van der Waals surface area contributed by atoms with Crippen molar-refractivity contribution in [3.8, 4) is 0 Å². The van der Waals surface area contributed by atoms with Crippen LogP contribution in [0.1, 0.15) is 43.7 Å². The largest absolute Gasteiger partial charge is 0.410 e. The van der Waals surface area contributed by atoms with Crippen LogP contribution in [0.25, 0.3) is 0 Å². The molecule has 1 aromatic heterocycles. The smallest absolute Gasteiger partial charge is 0.379 e. The van der Waals surface area contributed by atoms with Crippen molar-refractivity contribution in [1.82, 2.24) is 20.0 Å². The van der Waals surface area contributed by atoms with Gasteiger partial charge in [-0.1, -0.05) is 13.8 Å². The van der Waals surface area contributed by atoms with Crippen LogP contribution in [0.2, 0.25) is 0 Å². The first-order valence-corrected chi connectivity index (χ1v) is 9.69. The Kier molecular flexibility index (Phi) is 6.18. The number of carbonyl (C=O) groups excluding carboxylic acids is 1. The van der Waals surface area contributed by atoms with Crippen molar-refractivity contribution in [2.45, 2.75) is 51.5 Å². The Hall–Kier alpha value is -1.81. The molecule has 0 saturated carbocycles. The summed E-state index contributed by atoms with van der Waals surface area (Å²) >= 11 is 0. The molecule has 1 amide bonds. The number of halogens is 3. The van der Waals surface area contributed by atoms with Crippen LogP contribution >= 0.6 is 0 Å². The van der Waals surface area contributed by atoms with Crippen LogP contribution in [-0.4, -0.2) is 71.7 Å². The zero-order chi connectivity index (χ0) is 20.5. The van der Waals surface area contributed by atoms with Crippen molar-refractivity contribution in [3.05, 3.63) is 11.8 Å². The van der Waals surface area contributed by atoms with Crippen LogP contribution in [0.5, 0.6) is 0 Å². The van der Waals surface area contributed by atoms with Gasteiger partial charge in [0.2, 0.25) is 0 Å². The predicted octanol–water partition coefficient (Wildman–Crippen LogP) is 2.28. The van der Waals surface area contributed by atoms with Gasteiger partial charge in [-0.15, -0.1) is 0 Å². The maximum atomic E-state index is 13.5. The lowest BCUT2D eigenvalue weighted by Gasteiger charge is -2.35. The number of fused-ring (bicyclic) bond motifs is 1. The molecule has 158 valence electrons. The molecule has 0 unspecified atom stereocenters. The van der Waals surface area contributed by atoms with Gasteiger partial charge in [-0.05, 0) is 19.3 Å². The molecule has 2 aliphatic rings. The highest BCUT2D eigenvalue weighted by Crippen LogP contribution is 2.40. The number of anilines is 1. The molecule has 2 N–H and O–H groups in total. The Bertz CT molecular complexity index is 685. The number of alkyl halides is 3. The second-order valence-corrected chi connectivity index (χ2v) is 7.85. The Balaban J connectivity index is 1.69. The van der Waals surface area contributed by atoms with E-state index in [-0.39, 0.29) is 35.9 Å². The molecule has 7 nitrogen and oxygen atoms in total. The maximum Gasteiger partial charge on any atom is 0.410 e. The third-order valence-electron chi connectivity index (χ3n) is 5.48. The summed E-state index contributed by atoms with van der Waals surface area (Å²) in [5.74, 6) is -0.204. The van der Waals surface area contributed by atoms with Gasteiger partial charge in [0.05, 0.1) is 13.2 Å². The summed E-state index contributed by atoms with van der Waals surface area (Å²) in [4.78, 5) is 14.7. The molecule has 2 aliphatic heterocycles. The van der Waals surface area contributed by atoms with E-state index in [1.807, 2.05) is 20.8 Å². The van der Waals surface area contributed by atoms with E-state index in [4.69, 9.17) is 4.74 Å². The van der Waals surface area contributed by atoms with Gasteiger partial charge in [0.25, 0.3) is 5.91 Å². The molecule has 0 aromatic carbocycles. The van der Waals surface area contributed by atoms with Crippen molar-refractivity contribution in [3.63, 3.8) is 0 Å². The second-order valence-electron chi connectivity index (χ2n) is 7.85. The fourth-order valence-electron chi connectivity index (χ4n) is 3.63. The fourth-order valence-corrected chi connectivity index (χ4v) is 3.63. The summed E-state index contributed by atoms with van der Waals surface area (Å²) in [6.45, 7) is 9.05. The van der Waals surface area contributed by atoms with E-state index in [9.17, 15) is 18.0 Å². The number of ether oxygens (including phenoxy) is 1. The Labute approximate surface area is 162 Å². The van der Waals surface area contributed by atoms with Crippen molar-refractivity contribution in [1.29, 1.82) is 0 Å². The van der Waals surface area contributed by atoms with Gasteiger partial charge in [-0.25, -0.2) is 4.68 Å². The van der Waals surface area contributed by atoms with Gasteiger partial charge in [0.1, 0.15) is 5.82 Å². The highest BCUT2D eigenvalue weighted by Gasteiger charge is 2.47. The first-order chi connectivity index (χ1) is 13.2. The van der Waals surface area contributed by atoms with Gasteiger partial charge >= 0.3 is 6.18 Å². The molecule has 0 aliphatic carbocycles. The molecule has 0 spiro atoms. The van der Waals surface area contributed by atoms with E-state index >= 15 is 0 Å². The third kappa shape index (κ3) is 4.60. The van der Waals surface area contributed by atoms with E-state index in [0.29, 0.717) is 19.8 Å². The number of rotatable bonds is 5. The number of nitrogens with one attached hydrogen (secondary N) is 2. The Morgan fingerprint density at radius 2 is 2.04 bits per heavy atom. The van der Waals surface area contributed by atoms with Crippen molar-refractivity contribution in [2.24, 2.45) is 5.92 Å². The number of aromatic nitrogens is 2. The van der Waals surface area contributed by atoms with Crippen molar-refractivity contribution < 1.29 is 22.7 Å². The molecule has 3 rings (SSSR count). The van der Waals surface area contributed by atoms with Gasteiger partial charge < -0.3 is 15.4 Å². The van der Waals surface area contributed by atoms with Crippen LogP contribution in [0, 0.1) is 5.92 Å². The number of carbonyl (C=O) groups is 1. The van der Waals surface area contributed by atoms with Crippen molar-refractivity contribution in [2.75, 3.05) is 38.2 Å². The molecular weight excluding hydrogens is 375 g/mol. The summed E-state index contributed by atoms with van der Waals surface area (Å²) in [6, 6.07) is -0.545. The third-order valence-corrected chi connectivity index (χ3v) is 5.48. The minimum Gasteiger partial charge on any atom is -0.379 e. The number of hydrogen-bond donors (Lipinski definition) is 2.